The highest BCUT2D eigenvalue weighted by atomic mass is 16.3. The van der Waals surface area contributed by atoms with Crippen LogP contribution in [0.1, 0.15) is 38.5 Å². The fraction of sp³-hybridized carbons (Fsp3) is 0.722. The lowest BCUT2D eigenvalue weighted by Gasteiger charge is -2.34. The highest BCUT2D eigenvalue weighted by Crippen LogP contribution is 2.18. The Morgan fingerprint density at radius 1 is 1.46 bits per heavy atom. The molecule has 2 heterocycles. The standard InChI is InChI=1S/C18H31N3O3/c1-14(22)11-21-8-6-16(7-9-21)12-20(3)13-18(23)19-15(2)17-5-4-10-24-17/h4-5,10,14-16,22H,6-9,11-13H2,1-3H3,(H,19,23). The van der Waals surface area contributed by atoms with Crippen molar-refractivity contribution in [2.45, 2.75) is 38.8 Å². The number of carbonyl (C=O) groups is 1. The molecule has 6 heteroatoms. The molecule has 1 aromatic heterocycles. The van der Waals surface area contributed by atoms with Crippen molar-refractivity contribution in [1.82, 2.24) is 15.1 Å². The average Bonchev–Trinajstić information content (AvgIpc) is 3.02. The third kappa shape index (κ3) is 6.26. The van der Waals surface area contributed by atoms with Crippen molar-refractivity contribution in [3.05, 3.63) is 24.2 Å². The zero-order valence-electron chi connectivity index (χ0n) is 15.1. The Morgan fingerprint density at radius 2 is 2.17 bits per heavy atom. The van der Waals surface area contributed by atoms with Crippen molar-refractivity contribution in [2.24, 2.45) is 5.92 Å². The maximum atomic E-state index is 12.1. The number of aliphatic hydroxyl groups excluding tert-OH is 1. The second-order valence-corrected chi connectivity index (χ2v) is 7.09. The normalized spacial score (nSPS) is 19.4. The molecular weight excluding hydrogens is 306 g/mol. The van der Waals surface area contributed by atoms with E-state index in [0.29, 0.717) is 12.5 Å². The molecule has 0 radical (unpaired) electrons. The van der Waals surface area contributed by atoms with E-state index in [1.807, 2.05) is 33.0 Å². The smallest absolute Gasteiger partial charge is 0.234 e. The molecule has 1 saturated heterocycles. The molecule has 0 aromatic carbocycles. The van der Waals surface area contributed by atoms with Gasteiger partial charge in [0.2, 0.25) is 5.91 Å². The first kappa shape index (κ1) is 19.0. The number of amides is 1. The van der Waals surface area contributed by atoms with Crippen molar-refractivity contribution in [2.75, 3.05) is 39.8 Å². The first-order valence-corrected chi connectivity index (χ1v) is 8.85. The van der Waals surface area contributed by atoms with E-state index in [0.717, 1.165) is 44.8 Å². The highest BCUT2D eigenvalue weighted by molar-refractivity contribution is 5.78. The van der Waals surface area contributed by atoms with Gasteiger partial charge in [-0.05, 0) is 64.9 Å². The van der Waals surface area contributed by atoms with E-state index < -0.39 is 0 Å². The summed E-state index contributed by atoms with van der Waals surface area (Å²) in [6, 6.07) is 3.59. The topological polar surface area (TPSA) is 69.0 Å². The second-order valence-electron chi connectivity index (χ2n) is 7.09. The van der Waals surface area contributed by atoms with Crippen LogP contribution in [-0.4, -0.2) is 66.7 Å². The molecule has 2 unspecified atom stereocenters. The minimum Gasteiger partial charge on any atom is -0.467 e. The van der Waals surface area contributed by atoms with E-state index in [1.165, 1.54) is 0 Å². The lowest BCUT2D eigenvalue weighted by molar-refractivity contribution is -0.122. The van der Waals surface area contributed by atoms with Gasteiger partial charge < -0.3 is 19.7 Å². The zero-order chi connectivity index (χ0) is 17.5. The van der Waals surface area contributed by atoms with Crippen LogP contribution >= 0.6 is 0 Å². The predicted octanol–water partition coefficient (Wildman–Crippen LogP) is 1.48. The third-order valence-corrected chi connectivity index (χ3v) is 4.56. The van der Waals surface area contributed by atoms with Crippen LogP contribution < -0.4 is 5.32 Å². The summed E-state index contributed by atoms with van der Waals surface area (Å²) in [5.74, 6) is 1.42. The number of β-amino-alcohol motifs (C(OH)–C–C–N with tert-alkyl or cyclic N) is 1. The van der Waals surface area contributed by atoms with Crippen LogP contribution in [-0.2, 0) is 4.79 Å². The van der Waals surface area contributed by atoms with E-state index in [-0.39, 0.29) is 18.1 Å². The van der Waals surface area contributed by atoms with Gasteiger partial charge in [0.25, 0.3) is 0 Å². The SMILES string of the molecule is CC(O)CN1CCC(CN(C)CC(=O)NC(C)c2ccco2)CC1. The number of carbonyl (C=O) groups excluding carboxylic acids is 1. The molecular formula is C18H31N3O3. The third-order valence-electron chi connectivity index (χ3n) is 4.56. The molecule has 1 aliphatic heterocycles. The Balaban J connectivity index is 1.66. The summed E-state index contributed by atoms with van der Waals surface area (Å²) in [6.07, 6.45) is 3.61. The van der Waals surface area contributed by atoms with Crippen molar-refractivity contribution in [1.29, 1.82) is 0 Å². The molecule has 2 atom stereocenters. The second kappa shape index (κ2) is 9.20. The molecule has 0 bridgehead atoms. The lowest BCUT2D eigenvalue weighted by Crippen LogP contribution is -2.42. The monoisotopic (exact) mass is 337 g/mol. The summed E-state index contributed by atoms with van der Waals surface area (Å²) in [6.45, 7) is 7.92. The van der Waals surface area contributed by atoms with Gasteiger partial charge in [0.05, 0.1) is 25.0 Å². The van der Waals surface area contributed by atoms with Crippen molar-refractivity contribution < 1.29 is 14.3 Å². The van der Waals surface area contributed by atoms with Crippen molar-refractivity contribution >= 4 is 5.91 Å². The van der Waals surface area contributed by atoms with Gasteiger partial charge >= 0.3 is 0 Å². The molecule has 1 aromatic rings. The Bertz CT molecular complexity index is 482. The Hall–Kier alpha value is -1.37. The van der Waals surface area contributed by atoms with Crippen LogP contribution in [0, 0.1) is 5.92 Å². The van der Waals surface area contributed by atoms with Gasteiger partial charge in [0.15, 0.2) is 0 Å². The molecule has 0 saturated carbocycles. The summed E-state index contributed by atoms with van der Waals surface area (Å²) in [4.78, 5) is 16.6. The van der Waals surface area contributed by atoms with E-state index in [9.17, 15) is 9.90 Å². The number of aliphatic hydroxyl groups is 1. The largest absolute Gasteiger partial charge is 0.467 e. The van der Waals surface area contributed by atoms with Gasteiger partial charge in [-0.15, -0.1) is 0 Å². The fourth-order valence-corrected chi connectivity index (χ4v) is 3.37. The van der Waals surface area contributed by atoms with E-state index in [1.54, 1.807) is 6.26 Å². The molecule has 1 fully saturated rings. The minimum absolute atomic E-state index is 0.0212. The fourth-order valence-electron chi connectivity index (χ4n) is 3.37. The summed E-state index contributed by atoms with van der Waals surface area (Å²) in [5.41, 5.74) is 0. The van der Waals surface area contributed by atoms with Crippen LogP contribution in [0.5, 0.6) is 0 Å². The quantitative estimate of drug-likeness (QED) is 0.752. The Morgan fingerprint density at radius 3 is 2.75 bits per heavy atom. The molecule has 24 heavy (non-hydrogen) atoms. The zero-order valence-corrected chi connectivity index (χ0v) is 15.1. The van der Waals surface area contributed by atoms with Crippen LogP contribution in [0.25, 0.3) is 0 Å². The average molecular weight is 337 g/mol. The number of likely N-dealkylation sites (N-methyl/N-ethyl adjacent to an activating group) is 1. The van der Waals surface area contributed by atoms with Gasteiger partial charge in [0, 0.05) is 13.1 Å². The number of furan rings is 1. The number of likely N-dealkylation sites (tertiary alicyclic amines) is 1. The van der Waals surface area contributed by atoms with Crippen LogP contribution in [0.4, 0.5) is 0 Å². The van der Waals surface area contributed by atoms with Gasteiger partial charge in [-0.3, -0.25) is 9.69 Å². The Kier molecular flexibility index (Phi) is 7.27. The first-order valence-electron chi connectivity index (χ1n) is 8.85. The van der Waals surface area contributed by atoms with Crippen LogP contribution in [0.2, 0.25) is 0 Å². The molecule has 2 rings (SSSR count). The number of piperidine rings is 1. The van der Waals surface area contributed by atoms with Gasteiger partial charge in [-0.2, -0.15) is 0 Å². The van der Waals surface area contributed by atoms with E-state index in [4.69, 9.17) is 4.42 Å². The first-order chi connectivity index (χ1) is 11.4. The van der Waals surface area contributed by atoms with Crippen LogP contribution in [0.15, 0.2) is 22.8 Å². The van der Waals surface area contributed by atoms with E-state index in [2.05, 4.69) is 15.1 Å². The summed E-state index contributed by atoms with van der Waals surface area (Å²) in [5, 5.41) is 12.4. The molecule has 2 N–H and O–H groups in total. The van der Waals surface area contributed by atoms with Crippen LogP contribution in [0.3, 0.4) is 0 Å². The molecule has 0 aliphatic carbocycles. The van der Waals surface area contributed by atoms with Crippen molar-refractivity contribution in [3.63, 3.8) is 0 Å². The number of rotatable bonds is 8. The lowest BCUT2D eigenvalue weighted by atomic mass is 9.96. The number of nitrogens with one attached hydrogen (secondary N) is 1. The summed E-state index contributed by atoms with van der Waals surface area (Å²) in [7, 11) is 2.00. The van der Waals surface area contributed by atoms with E-state index >= 15 is 0 Å². The minimum atomic E-state index is -0.260. The molecule has 1 aliphatic rings. The molecule has 136 valence electrons. The molecule has 1 amide bonds. The van der Waals surface area contributed by atoms with Gasteiger partial charge in [-0.25, -0.2) is 0 Å². The molecule has 6 nitrogen and oxygen atoms in total. The maximum Gasteiger partial charge on any atom is 0.234 e. The van der Waals surface area contributed by atoms with Crippen molar-refractivity contribution in [3.8, 4) is 0 Å². The summed E-state index contributed by atoms with van der Waals surface area (Å²) < 4.78 is 5.31. The van der Waals surface area contributed by atoms with Gasteiger partial charge in [0.1, 0.15) is 5.76 Å². The highest BCUT2D eigenvalue weighted by Gasteiger charge is 2.22. The number of nitrogens with zero attached hydrogens (tertiary/aromatic N) is 2. The Labute approximate surface area is 144 Å². The summed E-state index contributed by atoms with van der Waals surface area (Å²) >= 11 is 0. The maximum absolute atomic E-state index is 12.1. The number of hydrogen-bond donors (Lipinski definition) is 2. The predicted molar refractivity (Wildman–Crippen MR) is 93.6 cm³/mol. The molecule has 0 spiro atoms. The number of hydrogen-bond acceptors (Lipinski definition) is 5. The van der Waals surface area contributed by atoms with Gasteiger partial charge in [-0.1, -0.05) is 0 Å².